The Hall–Kier alpha value is -1.71. The summed E-state index contributed by atoms with van der Waals surface area (Å²) in [5.41, 5.74) is 2.02. The van der Waals surface area contributed by atoms with Gasteiger partial charge in [-0.1, -0.05) is 19.3 Å². The highest BCUT2D eigenvalue weighted by Gasteiger charge is 2.15. The molecule has 1 aromatic rings. The molecule has 1 fully saturated rings. The number of hydrogen-bond acceptors (Lipinski definition) is 2. The number of benzene rings is 1. The number of anilines is 1. The molecule has 0 bridgehead atoms. The van der Waals surface area contributed by atoms with E-state index in [1.165, 1.54) is 37.7 Å². The molecule has 2 aliphatic rings. The zero-order valence-electron chi connectivity index (χ0n) is 11.8. The van der Waals surface area contributed by atoms with Crippen LogP contribution in [0.2, 0.25) is 0 Å². The molecule has 108 valence electrons. The zero-order chi connectivity index (χ0) is 13.8. The molecule has 1 aromatic carbocycles. The quantitative estimate of drug-likeness (QED) is 0.888. The number of amides is 2. The van der Waals surface area contributed by atoms with Crippen LogP contribution in [0.3, 0.4) is 0 Å². The summed E-state index contributed by atoms with van der Waals surface area (Å²) in [7, 11) is 0. The van der Waals surface area contributed by atoms with Crippen molar-refractivity contribution in [2.45, 2.75) is 38.5 Å². The maximum absolute atomic E-state index is 11.9. The first-order valence-electron chi connectivity index (χ1n) is 7.62. The molecule has 20 heavy (non-hydrogen) atoms. The highest BCUT2D eigenvalue weighted by Crippen LogP contribution is 2.27. The number of hydrogen-bond donors (Lipinski definition) is 2. The lowest BCUT2D eigenvalue weighted by Gasteiger charge is -2.21. The number of nitrogens with one attached hydrogen (secondary N) is 2. The van der Waals surface area contributed by atoms with E-state index in [0.29, 0.717) is 5.92 Å². The molecule has 1 heterocycles. The zero-order valence-corrected chi connectivity index (χ0v) is 11.8. The third kappa shape index (κ3) is 3.24. The largest absolute Gasteiger partial charge is 0.493 e. The predicted octanol–water partition coefficient (Wildman–Crippen LogP) is 3.32. The fraction of sp³-hybridized carbons (Fsp3) is 0.562. The summed E-state index contributed by atoms with van der Waals surface area (Å²) in [6.45, 7) is 1.53. The Morgan fingerprint density at radius 2 is 2.10 bits per heavy atom. The van der Waals surface area contributed by atoms with E-state index in [9.17, 15) is 4.79 Å². The van der Waals surface area contributed by atoms with Gasteiger partial charge in [0.1, 0.15) is 5.75 Å². The van der Waals surface area contributed by atoms with Gasteiger partial charge in [0.25, 0.3) is 0 Å². The highest BCUT2D eigenvalue weighted by molar-refractivity contribution is 5.89. The molecular formula is C16H22N2O2. The smallest absolute Gasteiger partial charge is 0.319 e. The Balaban J connectivity index is 1.48. The van der Waals surface area contributed by atoms with Crippen molar-refractivity contribution in [2.24, 2.45) is 5.92 Å². The molecule has 3 rings (SSSR count). The van der Waals surface area contributed by atoms with Crippen LogP contribution < -0.4 is 15.4 Å². The molecule has 2 amide bonds. The average Bonchev–Trinajstić information content (AvgIpc) is 2.94. The average molecular weight is 274 g/mol. The van der Waals surface area contributed by atoms with E-state index in [-0.39, 0.29) is 6.03 Å². The van der Waals surface area contributed by atoms with Gasteiger partial charge in [-0.3, -0.25) is 0 Å². The molecule has 0 unspecified atom stereocenters. The number of urea groups is 1. The van der Waals surface area contributed by atoms with Crippen LogP contribution in [0.4, 0.5) is 10.5 Å². The molecule has 0 atom stereocenters. The maximum atomic E-state index is 11.9. The Labute approximate surface area is 119 Å². The first-order valence-corrected chi connectivity index (χ1v) is 7.62. The molecule has 1 saturated carbocycles. The SMILES string of the molecule is O=C(NCC1CCCCC1)Nc1ccc2c(c1)CCO2. The van der Waals surface area contributed by atoms with Gasteiger partial charge < -0.3 is 15.4 Å². The molecule has 0 saturated heterocycles. The van der Waals surface area contributed by atoms with Crippen LogP contribution in [0.15, 0.2) is 18.2 Å². The van der Waals surface area contributed by atoms with Crippen molar-refractivity contribution >= 4 is 11.7 Å². The van der Waals surface area contributed by atoms with Gasteiger partial charge in [0, 0.05) is 18.7 Å². The summed E-state index contributed by atoms with van der Waals surface area (Å²) in [5, 5.41) is 5.89. The lowest BCUT2D eigenvalue weighted by molar-refractivity contribution is 0.247. The number of carbonyl (C=O) groups is 1. The third-order valence-electron chi connectivity index (χ3n) is 4.22. The molecule has 1 aliphatic carbocycles. The molecule has 0 aromatic heterocycles. The van der Waals surface area contributed by atoms with Gasteiger partial charge in [0.05, 0.1) is 6.61 Å². The van der Waals surface area contributed by atoms with Gasteiger partial charge in [-0.25, -0.2) is 4.79 Å². The molecule has 4 nitrogen and oxygen atoms in total. The van der Waals surface area contributed by atoms with Crippen molar-refractivity contribution in [1.29, 1.82) is 0 Å². The van der Waals surface area contributed by atoms with E-state index in [0.717, 1.165) is 31.0 Å². The van der Waals surface area contributed by atoms with Gasteiger partial charge in [0.2, 0.25) is 0 Å². The fourth-order valence-corrected chi connectivity index (χ4v) is 3.07. The Morgan fingerprint density at radius 3 is 2.95 bits per heavy atom. The van der Waals surface area contributed by atoms with Gasteiger partial charge in [-0.2, -0.15) is 0 Å². The first-order chi connectivity index (χ1) is 9.81. The monoisotopic (exact) mass is 274 g/mol. The highest BCUT2D eigenvalue weighted by atomic mass is 16.5. The molecule has 2 N–H and O–H groups in total. The van der Waals surface area contributed by atoms with Crippen molar-refractivity contribution in [2.75, 3.05) is 18.5 Å². The van der Waals surface area contributed by atoms with E-state index in [1.54, 1.807) is 0 Å². The second-order valence-electron chi connectivity index (χ2n) is 5.76. The summed E-state index contributed by atoms with van der Waals surface area (Å²) in [6, 6.07) is 5.72. The van der Waals surface area contributed by atoms with Crippen LogP contribution >= 0.6 is 0 Å². The predicted molar refractivity (Wildman–Crippen MR) is 79.2 cm³/mol. The molecular weight excluding hydrogens is 252 g/mol. The van der Waals surface area contributed by atoms with E-state index in [1.807, 2.05) is 18.2 Å². The van der Waals surface area contributed by atoms with Crippen LogP contribution in [0.5, 0.6) is 5.75 Å². The third-order valence-corrected chi connectivity index (χ3v) is 4.22. The number of fused-ring (bicyclic) bond motifs is 1. The Bertz CT molecular complexity index is 481. The van der Waals surface area contributed by atoms with Crippen LogP contribution in [0.1, 0.15) is 37.7 Å². The summed E-state index contributed by atoms with van der Waals surface area (Å²) in [5.74, 6) is 1.60. The molecule has 0 spiro atoms. The van der Waals surface area contributed by atoms with E-state index < -0.39 is 0 Å². The normalized spacial score (nSPS) is 18.2. The summed E-state index contributed by atoms with van der Waals surface area (Å²) >= 11 is 0. The van der Waals surface area contributed by atoms with Gasteiger partial charge in [0.15, 0.2) is 0 Å². The molecule has 0 radical (unpaired) electrons. The molecule has 1 aliphatic heterocycles. The van der Waals surface area contributed by atoms with Crippen LogP contribution in [0.25, 0.3) is 0 Å². The summed E-state index contributed by atoms with van der Waals surface area (Å²) in [4.78, 5) is 11.9. The fourth-order valence-electron chi connectivity index (χ4n) is 3.07. The van der Waals surface area contributed by atoms with Crippen LogP contribution in [-0.2, 0) is 6.42 Å². The minimum atomic E-state index is -0.102. The lowest BCUT2D eigenvalue weighted by Crippen LogP contribution is -2.33. The maximum Gasteiger partial charge on any atom is 0.319 e. The van der Waals surface area contributed by atoms with Crippen LogP contribution in [0, 0.1) is 5.92 Å². The standard InChI is InChI=1S/C16H22N2O2/c19-16(17-11-12-4-2-1-3-5-12)18-14-6-7-15-13(10-14)8-9-20-15/h6-7,10,12H,1-5,8-9,11H2,(H2,17,18,19). The number of rotatable bonds is 3. The first kappa shape index (κ1) is 13.3. The van der Waals surface area contributed by atoms with Gasteiger partial charge >= 0.3 is 6.03 Å². The van der Waals surface area contributed by atoms with Crippen LogP contribution in [-0.4, -0.2) is 19.2 Å². The topological polar surface area (TPSA) is 50.4 Å². The minimum Gasteiger partial charge on any atom is -0.493 e. The van der Waals surface area contributed by atoms with Crippen molar-refractivity contribution in [3.8, 4) is 5.75 Å². The van der Waals surface area contributed by atoms with E-state index in [2.05, 4.69) is 10.6 Å². The minimum absolute atomic E-state index is 0.102. The van der Waals surface area contributed by atoms with Gasteiger partial charge in [-0.15, -0.1) is 0 Å². The number of carbonyl (C=O) groups excluding carboxylic acids is 1. The summed E-state index contributed by atoms with van der Waals surface area (Å²) in [6.07, 6.45) is 7.37. The van der Waals surface area contributed by atoms with Crippen molar-refractivity contribution < 1.29 is 9.53 Å². The van der Waals surface area contributed by atoms with Crippen molar-refractivity contribution in [3.05, 3.63) is 23.8 Å². The second-order valence-corrected chi connectivity index (χ2v) is 5.76. The second kappa shape index (κ2) is 6.16. The lowest BCUT2D eigenvalue weighted by atomic mass is 9.89. The van der Waals surface area contributed by atoms with Crippen molar-refractivity contribution in [3.63, 3.8) is 0 Å². The summed E-state index contributed by atoms with van der Waals surface area (Å²) < 4.78 is 5.46. The Kier molecular flexibility index (Phi) is 4.09. The van der Waals surface area contributed by atoms with Crippen molar-refractivity contribution in [1.82, 2.24) is 5.32 Å². The number of ether oxygens (including phenoxy) is 1. The van der Waals surface area contributed by atoms with E-state index >= 15 is 0 Å². The molecule has 4 heteroatoms. The van der Waals surface area contributed by atoms with E-state index in [4.69, 9.17) is 4.74 Å². The van der Waals surface area contributed by atoms with Gasteiger partial charge in [-0.05, 0) is 42.5 Å². The Morgan fingerprint density at radius 1 is 1.25 bits per heavy atom.